The minimum Gasteiger partial charge on any atom is -0.492 e. The van der Waals surface area contributed by atoms with E-state index in [1.807, 2.05) is 0 Å². The minimum atomic E-state index is -1.40. The third-order valence-corrected chi connectivity index (χ3v) is 6.92. The fraction of sp³-hybridized carbons (Fsp3) is 0.360. The molecule has 3 heterocycles. The number of furan rings is 1. The third-order valence-electron chi connectivity index (χ3n) is 6.92. The summed E-state index contributed by atoms with van der Waals surface area (Å²) < 4.78 is 27.6. The fourth-order valence-corrected chi connectivity index (χ4v) is 4.81. The van der Waals surface area contributed by atoms with Crippen LogP contribution in [-0.2, 0) is 4.79 Å². The molecule has 2 aromatic heterocycles. The van der Waals surface area contributed by atoms with Gasteiger partial charge < -0.3 is 33.9 Å². The van der Waals surface area contributed by atoms with Gasteiger partial charge in [-0.15, -0.1) is 0 Å². The highest BCUT2D eigenvalue weighted by molar-refractivity contribution is 5.97. The van der Waals surface area contributed by atoms with Gasteiger partial charge in [-0.25, -0.2) is 9.18 Å². The summed E-state index contributed by atoms with van der Waals surface area (Å²) in [5, 5.41) is 22.5. The molecule has 2 N–H and O–H groups in total. The first-order chi connectivity index (χ1) is 19.1. The van der Waals surface area contributed by atoms with E-state index in [9.17, 15) is 34.4 Å². The number of carboxylic acid groups (broad SMARTS) is 1. The van der Waals surface area contributed by atoms with Crippen molar-refractivity contribution in [3.63, 3.8) is 0 Å². The van der Waals surface area contributed by atoms with Crippen LogP contribution in [0, 0.1) is 15.9 Å². The van der Waals surface area contributed by atoms with E-state index in [1.54, 1.807) is 9.47 Å². The van der Waals surface area contributed by atoms with E-state index in [1.165, 1.54) is 18.2 Å². The summed E-state index contributed by atoms with van der Waals surface area (Å²) in [6, 6.07) is 3.16. The van der Waals surface area contributed by atoms with E-state index >= 15 is 4.39 Å². The Morgan fingerprint density at radius 1 is 1.23 bits per heavy atom. The number of nitrogens with one attached hydrogen (secondary N) is 1. The van der Waals surface area contributed by atoms with E-state index in [-0.39, 0.29) is 61.3 Å². The number of piperazine rings is 1. The number of nitro groups is 1. The summed E-state index contributed by atoms with van der Waals surface area (Å²) in [7, 11) is 1.35. The molecule has 1 saturated heterocycles. The number of pyridine rings is 1. The van der Waals surface area contributed by atoms with Gasteiger partial charge in [0.15, 0.2) is 17.3 Å². The SMILES string of the molecule is COc1c(N2CCN(C(=O)CNC(=O)c3ccc([N+](=O)[O-])o3)CC2)c(F)cc2c(=O)c(C(=O)O)cn(C3CC3)c12. The number of ether oxygens (including phenoxy) is 1. The Kier molecular flexibility index (Phi) is 6.87. The topological polar surface area (TPSA) is 177 Å². The lowest BCUT2D eigenvalue weighted by atomic mass is 10.1. The number of methoxy groups -OCH3 is 1. The number of rotatable bonds is 8. The first-order valence-corrected chi connectivity index (χ1v) is 12.3. The average molecular weight is 557 g/mol. The highest BCUT2D eigenvalue weighted by atomic mass is 19.1. The van der Waals surface area contributed by atoms with Crippen molar-refractivity contribution in [2.24, 2.45) is 0 Å². The Morgan fingerprint density at radius 3 is 2.50 bits per heavy atom. The second kappa shape index (κ2) is 10.3. The summed E-state index contributed by atoms with van der Waals surface area (Å²) in [5.74, 6) is -4.14. The zero-order valence-corrected chi connectivity index (χ0v) is 21.2. The average Bonchev–Trinajstić information content (AvgIpc) is 3.65. The van der Waals surface area contributed by atoms with Crippen molar-refractivity contribution in [3.05, 3.63) is 61.9 Å². The molecule has 0 unspecified atom stereocenters. The zero-order chi connectivity index (χ0) is 28.7. The number of halogens is 1. The molecular weight excluding hydrogens is 533 g/mol. The molecule has 0 radical (unpaired) electrons. The first kappa shape index (κ1) is 26.6. The number of hydrogen-bond acceptors (Lipinski definition) is 9. The highest BCUT2D eigenvalue weighted by Crippen LogP contribution is 2.43. The molecule has 5 rings (SSSR count). The monoisotopic (exact) mass is 557 g/mol. The van der Waals surface area contributed by atoms with E-state index in [0.717, 1.165) is 31.0 Å². The molecule has 2 fully saturated rings. The number of benzene rings is 1. The van der Waals surface area contributed by atoms with Crippen LogP contribution in [0.2, 0.25) is 0 Å². The lowest BCUT2D eigenvalue weighted by Crippen LogP contribution is -2.51. The van der Waals surface area contributed by atoms with Crippen molar-refractivity contribution in [3.8, 4) is 5.75 Å². The Hall–Kier alpha value is -4.95. The number of aromatic nitrogens is 1. The molecule has 0 atom stereocenters. The van der Waals surface area contributed by atoms with Gasteiger partial charge in [-0.1, -0.05) is 0 Å². The smallest absolute Gasteiger partial charge is 0.433 e. The van der Waals surface area contributed by atoms with Crippen LogP contribution < -0.4 is 20.4 Å². The lowest BCUT2D eigenvalue weighted by molar-refractivity contribution is -0.402. The number of amides is 2. The van der Waals surface area contributed by atoms with E-state index < -0.39 is 45.4 Å². The maximum absolute atomic E-state index is 15.5. The molecule has 40 heavy (non-hydrogen) atoms. The largest absolute Gasteiger partial charge is 0.492 e. The standard InChI is InChI=1S/C25H24FN5O9/c1-39-23-20-14(22(33)15(25(35)36)12-30(20)13-2-3-13)10-16(26)21(23)29-8-6-28(7-9-29)18(32)11-27-24(34)17-4-5-19(40-17)31(37)38/h4-5,10,12-13H,2-3,6-9,11H2,1H3,(H,27,34)(H,35,36). The number of nitrogens with zero attached hydrogens (tertiary/aromatic N) is 4. The van der Waals surface area contributed by atoms with Crippen LogP contribution in [0.1, 0.15) is 39.8 Å². The van der Waals surface area contributed by atoms with Gasteiger partial charge in [0.05, 0.1) is 30.6 Å². The zero-order valence-electron chi connectivity index (χ0n) is 21.2. The van der Waals surface area contributed by atoms with E-state index in [0.29, 0.717) is 5.52 Å². The van der Waals surface area contributed by atoms with Gasteiger partial charge in [-0.2, -0.15) is 0 Å². The normalized spacial score (nSPS) is 15.2. The first-order valence-electron chi connectivity index (χ1n) is 12.3. The second-order valence-corrected chi connectivity index (χ2v) is 9.40. The summed E-state index contributed by atoms with van der Waals surface area (Å²) in [4.78, 5) is 62.5. The Balaban J connectivity index is 1.33. The van der Waals surface area contributed by atoms with Gasteiger partial charge in [0.2, 0.25) is 11.3 Å². The number of carboxylic acids is 1. The van der Waals surface area contributed by atoms with Gasteiger partial charge in [0, 0.05) is 38.4 Å². The Labute approximate surface area is 224 Å². The number of fused-ring (bicyclic) bond motifs is 1. The van der Waals surface area contributed by atoms with Crippen molar-refractivity contribution in [1.82, 2.24) is 14.8 Å². The van der Waals surface area contributed by atoms with Crippen molar-refractivity contribution >= 4 is 40.3 Å². The molecule has 210 valence electrons. The number of carbonyl (C=O) groups is 3. The Bertz CT molecular complexity index is 1600. The van der Waals surface area contributed by atoms with Crippen molar-refractivity contribution in [2.45, 2.75) is 18.9 Å². The van der Waals surface area contributed by atoms with Crippen molar-refractivity contribution < 1.29 is 38.0 Å². The maximum atomic E-state index is 15.5. The van der Waals surface area contributed by atoms with Crippen LogP contribution in [-0.4, -0.2) is 77.1 Å². The van der Waals surface area contributed by atoms with E-state index in [2.05, 4.69) is 5.32 Å². The van der Waals surface area contributed by atoms with Crippen LogP contribution in [0.4, 0.5) is 16.0 Å². The van der Waals surface area contributed by atoms with Gasteiger partial charge in [0.1, 0.15) is 16.2 Å². The highest BCUT2D eigenvalue weighted by Gasteiger charge is 2.32. The lowest BCUT2D eigenvalue weighted by Gasteiger charge is -2.37. The third kappa shape index (κ3) is 4.81. The van der Waals surface area contributed by atoms with Crippen LogP contribution in [0.15, 0.2) is 33.6 Å². The number of anilines is 1. The maximum Gasteiger partial charge on any atom is 0.433 e. The quantitative estimate of drug-likeness (QED) is 0.306. The predicted molar refractivity (Wildman–Crippen MR) is 136 cm³/mol. The molecule has 15 heteroatoms. The summed E-state index contributed by atoms with van der Waals surface area (Å²) >= 11 is 0. The van der Waals surface area contributed by atoms with E-state index in [4.69, 9.17) is 9.15 Å². The molecule has 1 aromatic carbocycles. The van der Waals surface area contributed by atoms with Gasteiger partial charge in [-0.05, 0) is 25.0 Å². The van der Waals surface area contributed by atoms with Crippen LogP contribution >= 0.6 is 0 Å². The second-order valence-electron chi connectivity index (χ2n) is 9.40. The fourth-order valence-electron chi connectivity index (χ4n) is 4.81. The molecule has 3 aromatic rings. The number of hydrogen-bond donors (Lipinski definition) is 2. The molecule has 0 bridgehead atoms. The summed E-state index contributed by atoms with van der Waals surface area (Å²) in [6.45, 7) is 0.428. The predicted octanol–water partition coefficient (Wildman–Crippen LogP) is 1.76. The van der Waals surface area contributed by atoms with Gasteiger partial charge >= 0.3 is 11.9 Å². The molecule has 2 aliphatic rings. The van der Waals surface area contributed by atoms with Gasteiger partial charge in [-0.3, -0.25) is 24.5 Å². The molecule has 1 aliphatic carbocycles. The van der Waals surface area contributed by atoms with Crippen molar-refractivity contribution in [1.29, 1.82) is 0 Å². The Morgan fingerprint density at radius 2 is 1.93 bits per heavy atom. The number of aromatic carboxylic acids is 1. The molecule has 0 spiro atoms. The summed E-state index contributed by atoms with van der Waals surface area (Å²) in [6.07, 6.45) is 2.84. The van der Waals surface area contributed by atoms with Crippen LogP contribution in [0.25, 0.3) is 10.9 Å². The number of carbonyl (C=O) groups excluding carboxylic acids is 2. The van der Waals surface area contributed by atoms with Crippen LogP contribution in [0.3, 0.4) is 0 Å². The molecule has 2 amide bonds. The summed E-state index contributed by atoms with van der Waals surface area (Å²) in [5.41, 5.74) is -0.828. The van der Waals surface area contributed by atoms with Crippen molar-refractivity contribution in [2.75, 3.05) is 44.7 Å². The van der Waals surface area contributed by atoms with Gasteiger partial charge in [0.25, 0.3) is 5.91 Å². The molecule has 1 aliphatic heterocycles. The van der Waals surface area contributed by atoms with Crippen LogP contribution in [0.5, 0.6) is 5.75 Å². The molecular formula is C25H24FN5O9. The molecule has 14 nitrogen and oxygen atoms in total. The minimum absolute atomic E-state index is 0.0367. The molecule has 1 saturated carbocycles.